The van der Waals surface area contributed by atoms with E-state index in [1.807, 2.05) is 26.0 Å². The van der Waals surface area contributed by atoms with Gasteiger partial charge < -0.3 is 20.0 Å². The molecule has 0 aliphatic rings. The summed E-state index contributed by atoms with van der Waals surface area (Å²) in [7, 11) is 11.5. The second kappa shape index (κ2) is 17.4. The summed E-state index contributed by atoms with van der Waals surface area (Å²) in [5, 5.41) is 44.7. The van der Waals surface area contributed by atoms with Crippen LogP contribution in [-0.4, -0.2) is 108 Å². The van der Waals surface area contributed by atoms with Gasteiger partial charge in [0.25, 0.3) is 11.4 Å². The van der Waals surface area contributed by atoms with Crippen LogP contribution in [0.3, 0.4) is 0 Å². The minimum absolute atomic E-state index is 0.123. The molecule has 2 rings (SSSR count). The number of anilines is 1. The van der Waals surface area contributed by atoms with Crippen LogP contribution >= 0.6 is 11.6 Å². The Balaban J connectivity index is 0.000000622. The molecule has 0 unspecified atom stereocenters. The van der Waals surface area contributed by atoms with E-state index in [9.17, 15) is 40.5 Å². The fraction of sp³-hybridized carbons (Fsp3) is 0.500. The molecule has 0 aliphatic carbocycles. The molecule has 2 aromatic heterocycles. The maximum atomic E-state index is 10.9. The second-order valence-electron chi connectivity index (χ2n) is 8.20. The van der Waals surface area contributed by atoms with Gasteiger partial charge in [-0.3, -0.25) is 40.5 Å². The van der Waals surface area contributed by atoms with Crippen LogP contribution in [0.15, 0.2) is 24.5 Å². The van der Waals surface area contributed by atoms with Gasteiger partial charge in [0.2, 0.25) is 11.0 Å². The number of nitrogens with one attached hydrogen (secondary N) is 1. The van der Waals surface area contributed by atoms with E-state index in [0.29, 0.717) is 13.1 Å². The van der Waals surface area contributed by atoms with E-state index in [2.05, 4.69) is 34.3 Å². The van der Waals surface area contributed by atoms with E-state index < -0.39 is 36.8 Å². The SMILES string of the molecule is CN(C)CCN(C)c1ncc([N+](=O)[O-])cc1[N+](=O)[O-].CNCCN(C)C.O=[N+]([O-])c1cnc(Cl)c([N+](=O)[O-])c1. The van der Waals surface area contributed by atoms with Gasteiger partial charge in [0.15, 0.2) is 0 Å². The Morgan fingerprint density at radius 3 is 1.59 bits per heavy atom. The van der Waals surface area contributed by atoms with Gasteiger partial charge in [-0.15, -0.1) is 0 Å². The van der Waals surface area contributed by atoms with Crippen molar-refractivity contribution >= 4 is 40.2 Å². The van der Waals surface area contributed by atoms with Crippen molar-refractivity contribution in [3.63, 3.8) is 0 Å². The van der Waals surface area contributed by atoms with Crippen LogP contribution in [0.5, 0.6) is 0 Å². The van der Waals surface area contributed by atoms with Gasteiger partial charge in [-0.1, -0.05) is 11.6 Å². The van der Waals surface area contributed by atoms with Gasteiger partial charge >= 0.3 is 11.4 Å². The minimum atomic E-state index is -0.831. The monoisotopic (exact) mass is 574 g/mol. The van der Waals surface area contributed by atoms with Crippen LogP contribution in [0.25, 0.3) is 0 Å². The highest BCUT2D eigenvalue weighted by Crippen LogP contribution is 2.28. The number of likely N-dealkylation sites (N-methyl/N-ethyl adjacent to an activating group) is 4. The maximum Gasteiger partial charge on any atom is 0.318 e. The van der Waals surface area contributed by atoms with Crippen molar-refractivity contribution in [2.24, 2.45) is 0 Å². The Kier molecular flexibility index (Phi) is 15.6. The van der Waals surface area contributed by atoms with Crippen molar-refractivity contribution < 1.29 is 19.7 Å². The molecule has 0 bridgehead atoms. The third kappa shape index (κ3) is 13.3. The first-order valence-electron chi connectivity index (χ1n) is 11.0. The van der Waals surface area contributed by atoms with Crippen LogP contribution in [0.2, 0.25) is 5.15 Å². The number of hydrogen-bond donors (Lipinski definition) is 1. The molecule has 0 saturated carbocycles. The Hall–Kier alpha value is -4.13. The van der Waals surface area contributed by atoms with Gasteiger partial charge in [0.05, 0.1) is 31.8 Å². The van der Waals surface area contributed by atoms with Crippen molar-refractivity contribution in [3.8, 4) is 0 Å². The van der Waals surface area contributed by atoms with Gasteiger partial charge in [-0.25, -0.2) is 9.97 Å². The molecule has 18 nitrogen and oxygen atoms in total. The van der Waals surface area contributed by atoms with Crippen molar-refractivity contribution in [1.82, 2.24) is 25.1 Å². The van der Waals surface area contributed by atoms with Crippen molar-refractivity contribution in [2.45, 2.75) is 0 Å². The highest BCUT2D eigenvalue weighted by atomic mass is 35.5. The Morgan fingerprint density at radius 2 is 1.21 bits per heavy atom. The number of aromatic nitrogens is 2. The molecule has 19 heteroatoms. The summed E-state index contributed by atoms with van der Waals surface area (Å²) in [6.07, 6.45) is 1.88. The number of halogens is 1. The molecule has 2 heterocycles. The number of nitro groups is 4. The first-order chi connectivity index (χ1) is 18.1. The first-order valence-corrected chi connectivity index (χ1v) is 11.4. The van der Waals surface area contributed by atoms with Crippen LogP contribution < -0.4 is 10.2 Å². The molecule has 0 amide bonds. The van der Waals surface area contributed by atoms with Crippen LogP contribution in [0, 0.1) is 40.5 Å². The van der Waals surface area contributed by atoms with Crippen molar-refractivity contribution in [3.05, 3.63) is 70.1 Å². The molecule has 2 aromatic rings. The molecule has 0 radical (unpaired) electrons. The van der Waals surface area contributed by atoms with Crippen LogP contribution in [0.4, 0.5) is 28.6 Å². The van der Waals surface area contributed by atoms with E-state index in [-0.39, 0.29) is 16.7 Å². The second-order valence-corrected chi connectivity index (χ2v) is 8.56. The fourth-order valence-corrected chi connectivity index (χ4v) is 2.58. The smallest absolute Gasteiger partial charge is 0.318 e. The van der Waals surface area contributed by atoms with E-state index >= 15 is 0 Å². The lowest BCUT2D eigenvalue weighted by Crippen LogP contribution is -2.29. The fourth-order valence-electron chi connectivity index (χ4n) is 2.41. The molecule has 216 valence electrons. The van der Waals surface area contributed by atoms with Gasteiger partial charge in [0, 0.05) is 33.2 Å². The summed E-state index contributed by atoms with van der Waals surface area (Å²) < 4.78 is 0. The average Bonchev–Trinajstić information content (AvgIpc) is 2.86. The zero-order valence-electron chi connectivity index (χ0n) is 22.3. The zero-order chi connectivity index (χ0) is 30.3. The number of rotatable bonds is 11. The predicted octanol–water partition coefficient (Wildman–Crippen LogP) is 2.21. The third-order valence-electron chi connectivity index (χ3n) is 4.51. The Bertz CT molecular complexity index is 1140. The summed E-state index contributed by atoms with van der Waals surface area (Å²) in [6, 6.07) is 1.68. The summed E-state index contributed by atoms with van der Waals surface area (Å²) in [5.41, 5.74) is -1.79. The molecular weight excluding hydrogens is 544 g/mol. The summed E-state index contributed by atoms with van der Waals surface area (Å²) in [6.45, 7) is 3.41. The summed E-state index contributed by atoms with van der Waals surface area (Å²) in [4.78, 5) is 51.8. The first kappa shape index (κ1) is 34.9. The number of nitrogens with zero attached hydrogens (tertiary/aromatic N) is 9. The largest absolute Gasteiger partial charge is 0.353 e. The highest BCUT2D eigenvalue weighted by molar-refractivity contribution is 6.31. The lowest BCUT2D eigenvalue weighted by molar-refractivity contribution is -0.394. The molecule has 0 saturated heterocycles. The zero-order valence-corrected chi connectivity index (χ0v) is 23.1. The number of pyridine rings is 2. The van der Waals surface area contributed by atoms with Crippen LogP contribution in [-0.2, 0) is 0 Å². The van der Waals surface area contributed by atoms with E-state index in [4.69, 9.17) is 11.6 Å². The van der Waals surface area contributed by atoms with Gasteiger partial charge in [-0.05, 0) is 35.2 Å². The number of hydrogen-bond acceptors (Lipinski definition) is 14. The molecular formula is C20H31ClN10O8. The molecule has 0 atom stereocenters. The average molecular weight is 575 g/mol. The maximum absolute atomic E-state index is 10.9. The summed E-state index contributed by atoms with van der Waals surface area (Å²) in [5.74, 6) is 0.123. The molecule has 0 aliphatic heterocycles. The summed E-state index contributed by atoms with van der Waals surface area (Å²) >= 11 is 5.32. The molecule has 0 spiro atoms. The Morgan fingerprint density at radius 1 is 0.744 bits per heavy atom. The van der Waals surface area contributed by atoms with Gasteiger partial charge in [0.1, 0.15) is 12.4 Å². The van der Waals surface area contributed by atoms with Gasteiger partial charge in [-0.2, -0.15) is 0 Å². The Labute approximate surface area is 228 Å². The molecule has 1 N–H and O–H groups in total. The molecule has 0 aromatic carbocycles. The quantitative estimate of drug-likeness (QED) is 0.231. The topological polar surface area (TPSA) is 220 Å². The van der Waals surface area contributed by atoms with E-state index in [0.717, 1.165) is 37.6 Å². The molecule has 39 heavy (non-hydrogen) atoms. The standard InChI is InChI=1S/C10H15N5O4.C5H2ClN3O4.C5H14N2/c1-12(2)4-5-13(3)10-9(15(18)19)6-8(7-11-10)14(16)17;6-5-4(9(12)13)1-3(2-7-5)8(10)11;1-6-4-5-7(2)3/h6-7H,4-5H2,1-3H3;1-2H;6H,4-5H2,1-3H3. The predicted molar refractivity (Wildman–Crippen MR) is 144 cm³/mol. The lowest BCUT2D eigenvalue weighted by Gasteiger charge is -2.19. The van der Waals surface area contributed by atoms with Crippen LogP contribution in [0.1, 0.15) is 0 Å². The minimum Gasteiger partial charge on any atom is -0.353 e. The third-order valence-corrected chi connectivity index (χ3v) is 4.80. The van der Waals surface area contributed by atoms with Crippen molar-refractivity contribution in [1.29, 1.82) is 0 Å². The highest BCUT2D eigenvalue weighted by Gasteiger charge is 2.23. The van der Waals surface area contributed by atoms with E-state index in [1.54, 1.807) is 11.9 Å². The van der Waals surface area contributed by atoms with E-state index in [1.165, 1.54) is 0 Å². The normalized spacial score (nSPS) is 10.2. The van der Waals surface area contributed by atoms with Crippen molar-refractivity contribution in [2.75, 3.05) is 73.4 Å². The molecule has 0 fully saturated rings. The lowest BCUT2D eigenvalue weighted by atomic mass is 10.3.